The normalized spacial score (nSPS) is 11.5. The Morgan fingerprint density at radius 3 is 2.75 bits per heavy atom. The Hall–Kier alpha value is 0.440. The van der Waals surface area contributed by atoms with Crippen molar-refractivity contribution >= 4 is 18.8 Å². The van der Waals surface area contributed by atoms with Crippen molar-refractivity contribution in [1.82, 2.24) is 5.09 Å². The number of nitrogens with two attached hydrogens (primary N) is 1. The lowest BCUT2D eigenvalue weighted by molar-refractivity contribution is 0.773. The Morgan fingerprint density at radius 2 is 2.38 bits per heavy atom. The van der Waals surface area contributed by atoms with Gasteiger partial charge in [-0.1, -0.05) is 13.3 Å². The summed E-state index contributed by atoms with van der Waals surface area (Å²) in [6, 6.07) is 0. The van der Waals surface area contributed by atoms with Crippen molar-refractivity contribution in [3.8, 4) is 0 Å². The average molecular weight is 151 g/mol. The Bertz CT molecular complexity index is 76.4. The van der Waals surface area contributed by atoms with Gasteiger partial charge in [0.05, 0.1) is 0 Å². The summed E-state index contributed by atoms with van der Waals surface area (Å²) in [5.41, 5.74) is 5.30. The van der Waals surface area contributed by atoms with Crippen LogP contribution in [0, 0.1) is 0 Å². The van der Waals surface area contributed by atoms with Crippen molar-refractivity contribution in [2.75, 3.05) is 6.54 Å². The van der Waals surface area contributed by atoms with Gasteiger partial charge in [-0.3, -0.25) is 0 Å². The van der Waals surface area contributed by atoms with E-state index in [-0.39, 0.29) is 0 Å². The highest BCUT2D eigenvalue weighted by Gasteiger charge is 1.96. The molecule has 0 saturated heterocycles. The maximum Gasteiger partial charge on any atom is 0.357 e. The topological polar surface area (TPSA) is 38.0 Å². The second kappa shape index (κ2) is 5.57. The molecule has 2 nitrogen and oxygen atoms in total. The molecule has 0 aliphatic rings. The smallest absolute Gasteiger partial charge is 0.129 e. The number of rotatable bonds is 4. The van der Waals surface area contributed by atoms with Crippen molar-refractivity contribution in [3.63, 3.8) is 0 Å². The molecular formula is C4H12N2PS+. The quantitative estimate of drug-likeness (QED) is 0.467. The molecule has 0 fully saturated rings. The summed E-state index contributed by atoms with van der Waals surface area (Å²) in [5.74, 6) is 0. The standard InChI is InChI=1S/C4H12N2PS/c1-2-3-4-6-7(5)8/h2-4H2,1H3,(H3,5,6,8)/q+1. The summed E-state index contributed by atoms with van der Waals surface area (Å²) < 4.78 is 0. The van der Waals surface area contributed by atoms with E-state index >= 15 is 0 Å². The molecule has 0 saturated carbocycles. The molecule has 0 rings (SSSR count). The summed E-state index contributed by atoms with van der Waals surface area (Å²) in [6.45, 7) is 2.34. The van der Waals surface area contributed by atoms with E-state index in [0.29, 0.717) is 0 Å². The van der Waals surface area contributed by atoms with E-state index in [1.807, 2.05) is 0 Å². The highest BCUT2D eigenvalue weighted by molar-refractivity contribution is 8.03. The lowest BCUT2D eigenvalue weighted by atomic mass is 10.3. The van der Waals surface area contributed by atoms with Crippen LogP contribution in [0.3, 0.4) is 0 Å². The predicted molar refractivity (Wildman–Crippen MR) is 41.4 cm³/mol. The molecule has 0 bridgehead atoms. The van der Waals surface area contributed by atoms with E-state index in [1.165, 1.54) is 12.8 Å². The van der Waals surface area contributed by atoms with Crippen LogP contribution in [0.2, 0.25) is 0 Å². The van der Waals surface area contributed by atoms with Gasteiger partial charge in [0.15, 0.2) is 0 Å². The fourth-order valence-corrected chi connectivity index (χ4v) is 1.02. The summed E-state index contributed by atoms with van der Waals surface area (Å²) >= 11 is 4.72. The van der Waals surface area contributed by atoms with Gasteiger partial charge in [0.2, 0.25) is 11.8 Å². The van der Waals surface area contributed by atoms with E-state index in [9.17, 15) is 0 Å². The minimum atomic E-state index is -0.779. The third-order valence-corrected chi connectivity index (χ3v) is 1.72. The minimum Gasteiger partial charge on any atom is -0.129 e. The summed E-state index contributed by atoms with van der Waals surface area (Å²) in [4.78, 5) is 0. The zero-order valence-corrected chi connectivity index (χ0v) is 6.77. The van der Waals surface area contributed by atoms with Crippen LogP contribution in [0.25, 0.3) is 0 Å². The Morgan fingerprint density at radius 1 is 1.75 bits per heavy atom. The second-order valence-electron chi connectivity index (χ2n) is 1.59. The largest absolute Gasteiger partial charge is 0.357 e. The Balaban J connectivity index is 2.82. The van der Waals surface area contributed by atoms with Gasteiger partial charge in [-0.15, -0.1) is 10.6 Å². The molecule has 0 aromatic heterocycles. The molecule has 1 unspecified atom stereocenters. The average Bonchev–Trinajstić information content (AvgIpc) is 1.66. The van der Waals surface area contributed by atoms with Gasteiger partial charge < -0.3 is 0 Å². The summed E-state index contributed by atoms with van der Waals surface area (Å²) in [6.07, 6.45) is 2.37. The number of hydrogen-bond donors (Lipinski definition) is 2. The zero-order valence-electron chi connectivity index (χ0n) is 5.05. The van der Waals surface area contributed by atoms with E-state index < -0.39 is 7.00 Å². The SMILES string of the molecule is CCCCN[P+](N)=S. The van der Waals surface area contributed by atoms with Crippen LogP contribution in [-0.2, 0) is 11.8 Å². The highest BCUT2D eigenvalue weighted by atomic mass is 32.4. The number of nitrogens with one attached hydrogen (secondary N) is 1. The first-order chi connectivity index (χ1) is 3.77. The summed E-state index contributed by atoms with van der Waals surface area (Å²) in [7, 11) is 0. The molecular weight excluding hydrogens is 139 g/mol. The molecule has 0 aromatic rings. The van der Waals surface area contributed by atoms with Gasteiger partial charge in [-0.05, 0) is 6.42 Å². The molecule has 0 aromatic carbocycles. The van der Waals surface area contributed by atoms with Crippen LogP contribution >= 0.6 is 7.00 Å². The molecule has 0 radical (unpaired) electrons. The fourth-order valence-electron chi connectivity index (χ4n) is 0.366. The molecule has 0 aliphatic heterocycles. The van der Waals surface area contributed by atoms with Gasteiger partial charge >= 0.3 is 7.00 Å². The van der Waals surface area contributed by atoms with Crippen molar-refractivity contribution in [2.24, 2.45) is 5.50 Å². The van der Waals surface area contributed by atoms with Crippen molar-refractivity contribution in [1.29, 1.82) is 0 Å². The molecule has 0 aliphatic carbocycles. The van der Waals surface area contributed by atoms with Crippen LogP contribution in [0.15, 0.2) is 0 Å². The number of unbranched alkanes of at least 4 members (excludes halogenated alkanes) is 1. The van der Waals surface area contributed by atoms with Crippen LogP contribution in [0.1, 0.15) is 19.8 Å². The van der Waals surface area contributed by atoms with E-state index in [1.54, 1.807) is 0 Å². The molecule has 8 heavy (non-hydrogen) atoms. The number of hydrogen-bond acceptors (Lipinski definition) is 1. The van der Waals surface area contributed by atoms with Crippen molar-refractivity contribution in [3.05, 3.63) is 0 Å². The van der Waals surface area contributed by atoms with Crippen molar-refractivity contribution in [2.45, 2.75) is 19.8 Å². The van der Waals surface area contributed by atoms with Crippen molar-refractivity contribution < 1.29 is 0 Å². The molecule has 48 valence electrons. The third kappa shape index (κ3) is 6.44. The van der Waals surface area contributed by atoms with Gasteiger partial charge in [0.25, 0.3) is 0 Å². The maximum atomic E-state index is 5.30. The van der Waals surface area contributed by atoms with Gasteiger partial charge in [-0.25, -0.2) is 0 Å². The first kappa shape index (κ1) is 8.44. The van der Waals surface area contributed by atoms with Crippen LogP contribution in [0.4, 0.5) is 0 Å². The maximum absolute atomic E-state index is 5.30. The van der Waals surface area contributed by atoms with Gasteiger partial charge in [-0.2, -0.15) is 0 Å². The van der Waals surface area contributed by atoms with E-state index in [0.717, 1.165) is 6.54 Å². The highest BCUT2D eigenvalue weighted by Crippen LogP contribution is 1.98. The van der Waals surface area contributed by atoms with Gasteiger partial charge in [0.1, 0.15) is 0 Å². The minimum absolute atomic E-state index is 0.779. The molecule has 4 heteroatoms. The van der Waals surface area contributed by atoms with E-state index in [2.05, 4.69) is 12.0 Å². The van der Waals surface area contributed by atoms with Crippen LogP contribution in [0.5, 0.6) is 0 Å². The fraction of sp³-hybridized carbons (Fsp3) is 1.00. The molecule has 0 heterocycles. The molecule has 0 amide bonds. The third-order valence-electron chi connectivity index (χ3n) is 0.798. The lowest BCUT2D eigenvalue weighted by Crippen LogP contribution is -2.07. The molecule has 0 spiro atoms. The monoisotopic (exact) mass is 151 g/mol. The Kier molecular flexibility index (Phi) is 5.88. The predicted octanol–water partition coefficient (Wildman–Crippen LogP) is 1.11. The van der Waals surface area contributed by atoms with Crippen LogP contribution < -0.4 is 10.6 Å². The molecule has 3 N–H and O–H groups in total. The van der Waals surface area contributed by atoms with E-state index in [4.69, 9.17) is 17.3 Å². The first-order valence-corrected chi connectivity index (χ1v) is 5.15. The van der Waals surface area contributed by atoms with Crippen LogP contribution in [-0.4, -0.2) is 6.54 Å². The lowest BCUT2D eigenvalue weighted by Gasteiger charge is -1.87. The second-order valence-corrected chi connectivity index (χ2v) is 3.74. The Labute approximate surface area is 56.4 Å². The first-order valence-electron chi connectivity index (χ1n) is 2.73. The zero-order chi connectivity index (χ0) is 6.41. The molecule has 1 atom stereocenters. The van der Waals surface area contributed by atoms with Gasteiger partial charge in [0, 0.05) is 6.54 Å². The summed E-state index contributed by atoms with van der Waals surface area (Å²) in [5, 5.41) is 3.00.